The second-order valence-corrected chi connectivity index (χ2v) is 54.6. The first-order valence-electron chi connectivity index (χ1n) is 35.0. The van der Waals surface area contributed by atoms with E-state index in [1.54, 1.807) is 0 Å². The van der Waals surface area contributed by atoms with E-state index in [1.807, 2.05) is 0 Å². The Kier molecular flexibility index (Phi) is 20.0. The van der Waals surface area contributed by atoms with Gasteiger partial charge in [0.15, 0.2) is 0 Å². The van der Waals surface area contributed by atoms with Crippen molar-refractivity contribution < 1.29 is 17.7 Å². The molecular formula is C86H102Br2N2O4Si4. The minimum absolute atomic E-state index is 0.0723. The zero-order chi connectivity index (χ0) is 70.8. The topological polar surface area (TPSA) is 61.6 Å². The van der Waals surface area contributed by atoms with Gasteiger partial charge in [-0.2, -0.15) is 0 Å². The lowest BCUT2D eigenvalue weighted by molar-refractivity contribution is 0.492. The molecule has 9 aromatic carbocycles. The summed E-state index contributed by atoms with van der Waals surface area (Å²) in [6.07, 6.45) is 7.79. The molecule has 0 unspecified atom stereocenters. The largest absolute Gasteiger partial charge is 0.544 e. The van der Waals surface area contributed by atoms with Gasteiger partial charge in [-0.3, -0.25) is 9.98 Å². The van der Waals surface area contributed by atoms with Gasteiger partial charge in [0, 0.05) is 54.5 Å². The number of rotatable bonds is 18. The zero-order valence-electron chi connectivity index (χ0n) is 61.7. The molecular weight excluding hydrogens is 1400 g/mol. The van der Waals surface area contributed by atoms with E-state index in [9.17, 15) is 0 Å². The molecule has 0 aliphatic heterocycles. The van der Waals surface area contributed by atoms with Crippen molar-refractivity contribution in [3.63, 3.8) is 0 Å². The van der Waals surface area contributed by atoms with Crippen LogP contribution < -0.4 is 17.7 Å². The van der Waals surface area contributed by atoms with Crippen molar-refractivity contribution >= 4 is 88.9 Å². The van der Waals surface area contributed by atoms with E-state index in [0.717, 1.165) is 114 Å². The zero-order valence-corrected chi connectivity index (χ0v) is 68.9. The fourth-order valence-corrected chi connectivity index (χ4v) is 17.2. The van der Waals surface area contributed by atoms with E-state index in [0.29, 0.717) is 0 Å². The van der Waals surface area contributed by atoms with Crippen molar-refractivity contribution in [3.8, 4) is 67.5 Å². The lowest BCUT2D eigenvalue weighted by Crippen LogP contribution is -2.43. The lowest BCUT2D eigenvalue weighted by Gasteiger charge is -2.36. The molecule has 0 aromatic heterocycles. The smallest absolute Gasteiger partial charge is 0.250 e. The predicted octanol–water partition coefficient (Wildman–Crippen LogP) is 26.3. The van der Waals surface area contributed by atoms with Crippen molar-refractivity contribution in [2.45, 2.75) is 192 Å². The summed E-state index contributed by atoms with van der Waals surface area (Å²) in [6.45, 7) is 45.9. The highest BCUT2D eigenvalue weighted by molar-refractivity contribution is 9.10. The summed E-state index contributed by atoms with van der Waals surface area (Å²) in [6, 6.07) is 71.0. The summed E-state index contributed by atoms with van der Waals surface area (Å²) in [5.74, 6) is 3.61. The summed E-state index contributed by atoms with van der Waals surface area (Å²) < 4.78 is 29.4. The van der Waals surface area contributed by atoms with Gasteiger partial charge < -0.3 is 17.7 Å². The van der Waals surface area contributed by atoms with Crippen LogP contribution in [0.15, 0.2) is 213 Å². The summed E-state index contributed by atoms with van der Waals surface area (Å²) in [5.41, 5.74) is 17.5. The second-order valence-electron chi connectivity index (χ2n) is 33.9. The molecule has 9 aromatic rings. The van der Waals surface area contributed by atoms with E-state index in [1.165, 1.54) is 33.4 Å². The molecule has 6 nitrogen and oxygen atoms in total. The molecule has 0 amide bonds. The fourth-order valence-electron chi connectivity index (χ4n) is 12.5. The highest BCUT2D eigenvalue weighted by atomic mass is 79.9. The molecule has 0 saturated heterocycles. The van der Waals surface area contributed by atoms with E-state index in [2.05, 4.69) is 374 Å². The van der Waals surface area contributed by atoms with Crippen LogP contribution in [0.3, 0.4) is 0 Å². The molecule has 0 fully saturated rings. The molecule has 98 heavy (non-hydrogen) atoms. The Morgan fingerprint density at radius 3 is 0.735 bits per heavy atom. The maximum absolute atomic E-state index is 6.82. The van der Waals surface area contributed by atoms with Crippen LogP contribution >= 0.6 is 31.9 Å². The number of nitrogens with zero attached hydrogens (tertiary/aromatic N) is 2. The molecule has 0 atom stereocenters. The third kappa shape index (κ3) is 15.3. The summed E-state index contributed by atoms with van der Waals surface area (Å²) in [4.78, 5) is 11.6. The minimum Gasteiger partial charge on any atom is -0.544 e. The Morgan fingerprint density at radius 2 is 0.531 bits per heavy atom. The van der Waals surface area contributed by atoms with E-state index in [4.69, 9.17) is 27.7 Å². The maximum Gasteiger partial charge on any atom is 0.250 e. The number of benzene rings is 9. The Balaban J connectivity index is 0.987. The fraction of sp³-hybridized carbons (Fsp3) is 0.349. The summed E-state index contributed by atoms with van der Waals surface area (Å²) in [5, 5.41) is 0.289. The van der Waals surface area contributed by atoms with Crippen LogP contribution in [0.5, 0.6) is 23.0 Å². The molecule has 2 aliphatic rings. The Morgan fingerprint density at radius 1 is 0.316 bits per heavy atom. The van der Waals surface area contributed by atoms with Crippen molar-refractivity contribution in [1.29, 1.82) is 0 Å². The third-order valence-corrected chi connectivity index (χ3v) is 41.2. The van der Waals surface area contributed by atoms with Crippen LogP contribution in [0, 0.1) is 0 Å². The van der Waals surface area contributed by atoms with Crippen molar-refractivity contribution in [3.05, 3.63) is 236 Å². The molecule has 0 heterocycles. The predicted molar refractivity (Wildman–Crippen MR) is 435 cm³/mol. The Labute approximate surface area is 608 Å². The lowest BCUT2D eigenvalue weighted by atomic mass is 9.78. The standard InChI is InChI=1S/C86H102Br2N2O4Si4/c1-81(2,3)95(13,14)91-71-43-27-59(28-44-71)75-23-21-24-76(60-29-45-72(46-30-60)92-96(15,16)82(4,5)6)79(75)89-57-85(67-35-39-69(87)40-36-67)53-63-51-65-55-86(56-66(65)52-64(63)54-85,68-37-41-70(88)42-38-68)58-90-80-77(61-31-47-73(48-32-61)93-97(17,18)83(7,8)9)25-22-26-78(80)62-33-49-74(50-34-62)94-98(19,20)84(10,11)12/h21-52,57-58H,53-56H2,1-20H3. The Hall–Kier alpha value is -6.65. The van der Waals surface area contributed by atoms with E-state index < -0.39 is 44.1 Å². The number of para-hydroxylation sites is 2. The first kappa shape index (κ1) is 72.6. The van der Waals surface area contributed by atoms with Gasteiger partial charge in [-0.15, -0.1) is 0 Å². The van der Waals surface area contributed by atoms with E-state index in [-0.39, 0.29) is 20.2 Å². The van der Waals surface area contributed by atoms with Gasteiger partial charge in [-0.05, 0) is 227 Å². The average molecular weight is 1500 g/mol. The molecule has 12 heteroatoms. The van der Waals surface area contributed by atoms with Gasteiger partial charge in [-0.1, -0.05) is 236 Å². The van der Waals surface area contributed by atoms with Gasteiger partial charge in [0.25, 0.3) is 0 Å². The molecule has 510 valence electrons. The number of fused-ring (bicyclic) bond motifs is 2. The van der Waals surface area contributed by atoms with Crippen LogP contribution in [-0.2, 0) is 36.5 Å². The van der Waals surface area contributed by atoms with Crippen LogP contribution in [-0.4, -0.2) is 45.7 Å². The first-order valence-corrected chi connectivity index (χ1v) is 48.2. The molecule has 11 rings (SSSR count). The van der Waals surface area contributed by atoms with Crippen LogP contribution in [0.1, 0.15) is 116 Å². The van der Waals surface area contributed by atoms with Crippen molar-refractivity contribution in [1.82, 2.24) is 0 Å². The summed E-state index contributed by atoms with van der Waals surface area (Å²) >= 11 is 7.60. The van der Waals surface area contributed by atoms with Crippen LogP contribution in [0.2, 0.25) is 72.5 Å². The number of halogens is 2. The minimum atomic E-state index is -2.08. The van der Waals surface area contributed by atoms with Crippen molar-refractivity contribution in [2.24, 2.45) is 9.98 Å². The monoisotopic (exact) mass is 1500 g/mol. The summed E-state index contributed by atoms with van der Waals surface area (Å²) in [7, 11) is -8.30. The van der Waals surface area contributed by atoms with Crippen LogP contribution in [0.4, 0.5) is 11.4 Å². The van der Waals surface area contributed by atoms with Gasteiger partial charge in [0.05, 0.1) is 11.4 Å². The van der Waals surface area contributed by atoms with Crippen molar-refractivity contribution in [2.75, 3.05) is 0 Å². The molecule has 0 bridgehead atoms. The molecule has 0 radical (unpaired) electrons. The Bertz CT molecular complexity index is 3920. The van der Waals surface area contributed by atoms with Gasteiger partial charge in [0.1, 0.15) is 23.0 Å². The average Bonchev–Trinajstić information content (AvgIpc) is 1.57. The number of hydrogen-bond acceptors (Lipinski definition) is 6. The first-order chi connectivity index (χ1) is 45.7. The van der Waals surface area contributed by atoms with Crippen LogP contribution in [0.25, 0.3) is 44.5 Å². The van der Waals surface area contributed by atoms with E-state index >= 15 is 0 Å². The molecule has 0 spiro atoms. The SMILES string of the molecule is CC(C)(C)[Si](C)(C)Oc1ccc(-c2cccc(-c3ccc(O[Si](C)(C)C(C)(C)C)cc3)c2N=CC2(c3ccc(Br)cc3)Cc3cc4c(cc3C2)CC(C=Nc2c(-c3ccc(O[Si](C)(C)C(C)(C)C)cc3)cccc2-c2ccc(O[Si](C)(C)C(C)(C)C)cc2)(c2ccc(Br)cc2)C4)cc1. The van der Waals surface area contributed by atoms with Gasteiger partial charge in [0.2, 0.25) is 33.3 Å². The van der Waals surface area contributed by atoms with Gasteiger partial charge >= 0.3 is 0 Å². The third-order valence-electron chi connectivity index (χ3n) is 22.7. The quantitative estimate of drug-likeness (QED) is 0.0634. The molecule has 2 aliphatic carbocycles. The second kappa shape index (κ2) is 27.0. The number of aliphatic imine (C=N–C) groups is 2. The normalized spacial score (nSPS) is 15.2. The highest BCUT2D eigenvalue weighted by Crippen LogP contribution is 2.50. The maximum atomic E-state index is 6.82. The molecule has 0 N–H and O–H groups in total. The highest BCUT2D eigenvalue weighted by Gasteiger charge is 2.45. The van der Waals surface area contributed by atoms with Gasteiger partial charge in [-0.25, -0.2) is 0 Å². The molecule has 0 saturated carbocycles. The number of hydrogen-bond donors (Lipinski definition) is 0.